The highest BCUT2D eigenvalue weighted by atomic mass is 15.0. The van der Waals surface area contributed by atoms with E-state index in [0.717, 1.165) is 11.4 Å². The molecule has 0 aliphatic rings. The van der Waals surface area contributed by atoms with Crippen LogP contribution < -0.4 is 0 Å². The Bertz CT molecular complexity index is 3130. The predicted molar refractivity (Wildman–Crippen MR) is 221 cm³/mol. The molecule has 9 aromatic carbocycles. The van der Waals surface area contributed by atoms with Crippen molar-refractivity contribution in [3.05, 3.63) is 194 Å². The number of fused-ring (bicyclic) bond motifs is 12. The molecule has 2 heteroatoms. The molecule has 2 nitrogen and oxygen atoms in total. The minimum Gasteiger partial charge on any atom is -0.309 e. The zero-order valence-corrected chi connectivity index (χ0v) is 28.4. The Morgan fingerprint density at radius 1 is 0.250 bits per heavy atom. The summed E-state index contributed by atoms with van der Waals surface area (Å²) in [6.07, 6.45) is 0. The first-order valence-electron chi connectivity index (χ1n) is 17.9. The molecule has 0 atom stereocenters. The molecule has 0 spiro atoms. The van der Waals surface area contributed by atoms with E-state index >= 15 is 0 Å². The Hall–Kier alpha value is -6.90. The third-order valence-corrected chi connectivity index (χ3v) is 10.9. The van der Waals surface area contributed by atoms with Gasteiger partial charge < -0.3 is 9.13 Å². The van der Waals surface area contributed by atoms with Crippen molar-refractivity contribution in [3.63, 3.8) is 0 Å². The van der Waals surface area contributed by atoms with Gasteiger partial charge in [0.1, 0.15) is 0 Å². The second-order valence-electron chi connectivity index (χ2n) is 13.7. The van der Waals surface area contributed by atoms with Crippen molar-refractivity contribution in [2.24, 2.45) is 0 Å². The van der Waals surface area contributed by atoms with Gasteiger partial charge in [0.2, 0.25) is 0 Å². The van der Waals surface area contributed by atoms with Crippen molar-refractivity contribution in [3.8, 4) is 33.6 Å². The van der Waals surface area contributed by atoms with Gasteiger partial charge in [-0.2, -0.15) is 0 Å². The molecule has 0 unspecified atom stereocenters. The first kappa shape index (κ1) is 28.9. The molecule has 242 valence electrons. The maximum absolute atomic E-state index is 2.52. The minimum atomic E-state index is 1.15. The molecule has 2 aromatic heterocycles. The molecule has 0 amide bonds. The SMILES string of the molecule is c1ccc(-c2ccc(-n3c4ccccc4c4c3c3ccccc3c3c5c6ccccc6ccc5n(-c5ccc(-c6ccccc6)cc5)c34)cc2)cc1. The maximum atomic E-state index is 2.52. The van der Waals surface area contributed by atoms with Crippen LogP contribution in [0.4, 0.5) is 0 Å². The lowest BCUT2D eigenvalue weighted by Crippen LogP contribution is -1.97. The fourth-order valence-corrected chi connectivity index (χ4v) is 8.60. The van der Waals surface area contributed by atoms with E-state index in [2.05, 4.69) is 203 Å². The zero-order chi connectivity index (χ0) is 34.2. The number of hydrogen-bond donors (Lipinski definition) is 0. The summed E-state index contributed by atoms with van der Waals surface area (Å²) >= 11 is 0. The number of nitrogens with zero attached hydrogens (tertiary/aromatic N) is 2. The first-order chi connectivity index (χ1) is 25.8. The molecule has 0 bridgehead atoms. The van der Waals surface area contributed by atoms with Crippen LogP contribution in [0.15, 0.2) is 194 Å². The topological polar surface area (TPSA) is 9.86 Å². The summed E-state index contributed by atoms with van der Waals surface area (Å²) < 4.78 is 5.01. The second kappa shape index (κ2) is 11.3. The van der Waals surface area contributed by atoms with Crippen LogP contribution in [0.25, 0.3) is 98.8 Å². The molecule has 0 fully saturated rings. The van der Waals surface area contributed by atoms with Gasteiger partial charge in [-0.25, -0.2) is 0 Å². The Balaban J connectivity index is 1.31. The number of rotatable bonds is 4. The first-order valence-corrected chi connectivity index (χ1v) is 17.9. The molecular formula is C50H32N2. The van der Waals surface area contributed by atoms with Crippen LogP contribution in [0.1, 0.15) is 0 Å². The van der Waals surface area contributed by atoms with E-state index in [1.165, 1.54) is 87.4 Å². The van der Waals surface area contributed by atoms with Gasteiger partial charge in [0, 0.05) is 38.3 Å². The summed E-state index contributed by atoms with van der Waals surface area (Å²) in [6.45, 7) is 0. The quantitative estimate of drug-likeness (QED) is 0.178. The standard InChI is InChI=1S/C50H32N2/c1-3-13-33(14-4-1)35-23-28-38(29-24-35)51-44-22-12-11-21-43(44)48-49(51)42-20-10-9-19-41(42)47-46-40-18-8-7-17-37(40)27-32-45(46)52(50(47)48)39-30-25-36(26-31-39)34-15-5-2-6-16-34/h1-32H. The van der Waals surface area contributed by atoms with Crippen LogP contribution in [0.2, 0.25) is 0 Å². The van der Waals surface area contributed by atoms with Crippen molar-refractivity contribution in [2.75, 3.05) is 0 Å². The number of para-hydroxylation sites is 1. The average molecular weight is 661 g/mol. The monoisotopic (exact) mass is 660 g/mol. The summed E-state index contributed by atoms with van der Waals surface area (Å²) in [5, 5.41) is 10.1. The number of benzene rings is 9. The van der Waals surface area contributed by atoms with E-state index in [0.29, 0.717) is 0 Å². The maximum Gasteiger partial charge on any atom is 0.0648 e. The lowest BCUT2D eigenvalue weighted by atomic mass is 9.97. The average Bonchev–Trinajstić information content (AvgIpc) is 3.76. The van der Waals surface area contributed by atoms with Gasteiger partial charge in [-0.05, 0) is 74.8 Å². The fraction of sp³-hybridized carbons (Fsp3) is 0. The van der Waals surface area contributed by atoms with Crippen LogP contribution in [-0.2, 0) is 0 Å². The highest BCUT2D eigenvalue weighted by Gasteiger charge is 2.25. The van der Waals surface area contributed by atoms with Gasteiger partial charge in [0.15, 0.2) is 0 Å². The normalized spacial score (nSPS) is 11.8. The van der Waals surface area contributed by atoms with Gasteiger partial charge in [-0.1, -0.05) is 158 Å². The summed E-state index contributed by atoms with van der Waals surface area (Å²) in [5.74, 6) is 0. The van der Waals surface area contributed by atoms with E-state index in [4.69, 9.17) is 0 Å². The van der Waals surface area contributed by atoms with Crippen molar-refractivity contribution in [1.29, 1.82) is 0 Å². The molecule has 0 radical (unpaired) electrons. The Kier molecular flexibility index (Phi) is 6.28. The fourth-order valence-electron chi connectivity index (χ4n) is 8.60. The zero-order valence-electron chi connectivity index (χ0n) is 28.4. The van der Waals surface area contributed by atoms with Gasteiger partial charge in [-0.15, -0.1) is 0 Å². The number of hydrogen-bond acceptors (Lipinski definition) is 0. The molecule has 0 saturated heterocycles. The van der Waals surface area contributed by atoms with Crippen LogP contribution in [-0.4, -0.2) is 9.13 Å². The Morgan fingerprint density at radius 2 is 0.731 bits per heavy atom. The molecule has 0 aliphatic heterocycles. The predicted octanol–water partition coefficient (Wildman–Crippen LogP) is 13.5. The molecule has 0 saturated carbocycles. The molecule has 0 N–H and O–H groups in total. The smallest absolute Gasteiger partial charge is 0.0648 e. The van der Waals surface area contributed by atoms with Crippen LogP contribution in [0.5, 0.6) is 0 Å². The Morgan fingerprint density at radius 3 is 1.37 bits per heavy atom. The van der Waals surface area contributed by atoms with E-state index in [1.807, 2.05) is 0 Å². The van der Waals surface area contributed by atoms with Gasteiger partial charge in [-0.3, -0.25) is 0 Å². The lowest BCUT2D eigenvalue weighted by molar-refractivity contribution is 1.18. The minimum absolute atomic E-state index is 1.15. The second-order valence-corrected chi connectivity index (χ2v) is 13.7. The van der Waals surface area contributed by atoms with E-state index in [1.54, 1.807) is 0 Å². The largest absolute Gasteiger partial charge is 0.309 e. The highest BCUT2D eigenvalue weighted by molar-refractivity contribution is 6.39. The van der Waals surface area contributed by atoms with E-state index in [9.17, 15) is 0 Å². The summed E-state index contributed by atoms with van der Waals surface area (Å²) in [7, 11) is 0. The van der Waals surface area contributed by atoms with Crippen molar-refractivity contribution in [1.82, 2.24) is 9.13 Å². The summed E-state index contributed by atoms with van der Waals surface area (Å²) in [6, 6.07) is 70.8. The highest BCUT2D eigenvalue weighted by Crippen LogP contribution is 2.48. The van der Waals surface area contributed by atoms with E-state index in [-0.39, 0.29) is 0 Å². The lowest BCUT2D eigenvalue weighted by Gasteiger charge is -2.14. The molecule has 11 aromatic rings. The van der Waals surface area contributed by atoms with Crippen molar-refractivity contribution >= 4 is 65.2 Å². The molecule has 0 aliphatic carbocycles. The van der Waals surface area contributed by atoms with Gasteiger partial charge in [0.25, 0.3) is 0 Å². The van der Waals surface area contributed by atoms with Crippen LogP contribution in [0.3, 0.4) is 0 Å². The number of aromatic nitrogens is 2. The summed E-state index contributed by atoms with van der Waals surface area (Å²) in [4.78, 5) is 0. The van der Waals surface area contributed by atoms with Crippen molar-refractivity contribution in [2.45, 2.75) is 0 Å². The van der Waals surface area contributed by atoms with Crippen LogP contribution in [0, 0.1) is 0 Å². The summed E-state index contributed by atoms with van der Waals surface area (Å²) in [5.41, 5.74) is 12.0. The third kappa shape index (κ3) is 4.19. The van der Waals surface area contributed by atoms with Crippen LogP contribution >= 0.6 is 0 Å². The third-order valence-electron chi connectivity index (χ3n) is 10.9. The molecule has 11 rings (SSSR count). The van der Waals surface area contributed by atoms with Crippen molar-refractivity contribution < 1.29 is 0 Å². The molecule has 2 heterocycles. The Labute approximate surface area is 301 Å². The van der Waals surface area contributed by atoms with Gasteiger partial charge in [0.05, 0.1) is 22.1 Å². The molecular weight excluding hydrogens is 629 g/mol. The van der Waals surface area contributed by atoms with Gasteiger partial charge >= 0.3 is 0 Å². The molecule has 52 heavy (non-hydrogen) atoms. The van der Waals surface area contributed by atoms with E-state index < -0.39 is 0 Å².